The van der Waals surface area contributed by atoms with Crippen molar-refractivity contribution < 1.29 is 18.3 Å². The van der Waals surface area contributed by atoms with Crippen LogP contribution in [0.15, 0.2) is 0 Å². The van der Waals surface area contributed by atoms with Gasteiger partial charge in [-0.3, -0.25) is 0 Å². The first kappa shape index (κ1) is 11.8. The molecular formula is C10H17F3O. The predicted molar refractivity (Wildman–Crippen MR) is 47.9 cm³/mol. The van der Waals surface area contributed by atoms with E-state index < -0.39 is 17.7 Å². The Morgan fingerprint density at radius 1 is 1.43 bits per heavy atom. The monoisotopic (exact) mass is 210 g/mol. The number of alkyl halides is 3. The Balaban J connectivity index is 2.59. The average molecular weight is 210 g/mol. The SMILES string of the molecule is CCCC1(O)CCCC(C(F)(F)F)C1. The fourth-order valence-electron chi connectivity index (χ4n) is 2.31. The molecule has 1 saturated carbocycles. The third-order valence-electron chi connectivity index (χ3n) is 3.00. The highest BCUT2D eigenvalue weighted by Crippen LogP contribution is 2.43. The molecule has 0 aromatic rings. The van der Waals surface area contributed by atoms with Crippen molar-refractivity contribution in [2.45, 2.75) is 57.2 Å². The Kier molecular flexibility index (Phi) is 3.45. The molecule has 0 bridgehead atoms. The molecule has 0 heterocycles. The number of halogens is 3. The molecule has 0 saturated heterocycles. The van der Waals surface area contributed by atoms with E-state index in [0.29, 0.717) is 19.3 Å². The topological polar surface area (TPSA) is 20.2 Å². The van der Waals surface area contributed by atoms with Crippen LogP contribution in [0.4, 0.5) is 13.2 Å². The van der Waals surface area contributed by atoms with E-state index in [9.17, 15) is 18.3 Å². The van der Waals surface area contributed by atoms with Gasteiger partial charge in [-0.1, -0.05) is 13.3 Å². The predicted octanol–water partition coefficient (Wildman–Crippen LogP) is 3.27. The third kappa shape index (κ3) is 2.87. The lowest BCUT2D eigenvalue weighted by Crippen LogP contribution is -2.40. The van der Waals surface area contributed by atoms with Gasteiger partial charge in [-0.2, -0.15) is 13.2 Å². The van der Waals surface area contributed by atoms with Crippen molar-refractivity contribution in [2.75, 3.05) is 0 Å². The fraction of sp³-hybridized carbons (Fsp3) is 1.00. The van der Waals surface area contributed by atoms with Crippen molar-refractivity contribution >= 4 is 0 Å². The molecule has 0 aromatic heterocycles. The Morgan fingerprint density at radius 3 is 2.57 bits per heavy atom. The molecule has 14 heavy (non-hydrogen) atoms. The largest absolute Gasteiger partial charge is 0.391 e. The van der Waals surface area contributed by atoms with Crippen LogP contribution in [0.5, 0.6) is 0 Å². The molecule has 0 radical (unpaired) electrons. The first-order valence-electron chi connectivity index (χ1n) is 5.16. The van der Waals surface area contributed by atoms with Crippen LogP contribution < -0.4 is 0 Å². The lowest BCUT2D eigenvalue weighted by molar-refractivity contribution is -0.201. The highest BCUT2D eigenvalue weighted by Gasteiger charge is 2.46. The van der Waals surface area contributed by atoms with Gasteiger partial charge < -0.3 is 5.11 Å². The van der Waals surface area contributed by atoms with Gasteiger partial charge in [0.1, 0.15) is 0 Å². The summed E-state index contributed by atoms with van der Waals surface area (Å²) in [5.41, 5.74) is -1.06. The first-order chi connectivity index (χ1) is 6.37. The second kappa shape index (κ2) is 4.09. The maximum Gasteiger partial charge on any atom is 0.391 e. The minimum absolute atomic E-state index is 0.107. The molecule has 2 unspecified atom stereocenters. The van der Waals surface area contributed by atoms with Crippen LogP contribution in [0.2, 0.25) is 0 Å². The van der Waals surface area contributed by atoms with Gasteiger partial charge in [-0.05, 0) is 32.1 Å². The molecule has 4 heteroatoms. The summed E-state index contributed by atoms with van der Waals surface area (Å²) in [5, 5.41) is 9.91. The summed E-state index contributed by atoms with van der Waals surface area (Å²) in [5.74, 6) is -1.30. The highest BCUT2D eigenvalue weighted by atomic mass is 19.4. The van der Waals surface area contributed by atoms with Crippen LogP contribution in [0, 0.1) is 5.92 Å². The Labute approximate surface area is 82.3 Å². The molecule has 0 amide bonds. The van der Waals surface area contributed by atoms with Gasteiger partial charge >= 0.3 is 6.18 Å². The Hall–Kier alpha value is -0.250. The lowest BCUT2D eigenvalue weighted by atomic mass is 9.75. The molecular weight excluding hydrogens is 193 g/mol. The lowest BCUT2D eigenvalue weighted by Gasteiger charge is -2.37. The van der Waals surface area contributed by atoms with Crippen LogP contribution in [0.3, 0.4) is 0 Å². The molecule has 1 fully saturated rings. The molecule has 84 valence electrons. The minimum atomic E-state index is -4.14. The van der Waals surface area contributed by atoms with E-state index in [2.05, 4.69) is 0 Å². The third-order valence-corrected chi connectivity index (χ3v) is 3.00. The molecule has 0 aromatic carbocycles. The fourth-order valence-corrected chi connectivity index (χ4v) is 2.31. The molecule has 1 aliphatic carbocycles. The van der Waals surface area contributed by atoms with E-state index in [1.807, 2.05) is 6.92 Å². The molecule has 1 nitrogen and oxygen atoms in total. The highest BCUT2D eigenvalue weighted by molar-refractivity contribution is 4.88. The number of hydrogen-bond donors (Lipinski definition) is 1. The summed E-state index contributed by atoms with van der Waals surface area (Å²) in [6.07, 6.45) is -1.84. The van der Waals surface area contributed by atoms with Crippen LogP contribution >= 0.6 is 0 Å². The van der Waals surface area contributed by atoms with Gasteiger partial charge in [0.25, 0.3) is 0 Å². The molecule has 1 aliphatic rings. The van der Waals surface area contributed by atoms with Crippen molar-refractivity contribution in [2.24, 2.45) is 5.92 Å². The summed E-state index contributed by atoms with van der Waals surface area (Å²) < 4.78 is 37.2. The molecule has 1 rings (SSSR count). The van der Waals surface area contributed by atoms with E-state index in [1.54, 1.807) is 0 Å². The molecule has 0 aliphatic heterocycles. The van der Waals surface area contributed by atoms with Crippen molar-refractivity contribution in [1.82, 2.24) is 0 Å². The van der Waals surface area contributed by atoms with Gasteiger partial charge in [0.15, 0.2) is 0 Å². The Morgan fingerprint density at radius 2 is 2.07 bits per heavy atom. The van der Waals surface area contributed by atoms with E-state index in [0.717, 1.165) is 6.42 Å². The van der Waals surface area contributed by atoms with Crippen molar-refractivity contribution in [1.29, 1.82) is 0 Å². The van der Waals surface area contributed by atoms with E-state index in [4.69, 9.17) is 0 Å². The second-order valence-electron chi connectivity index (χ2n) is 4.31. The summed E-state index contributed by atoms with van der Waals surface area (Å²) in [6, 6.07) is 0. The smallest absolute Gasteiger partial charge is 0.390 e. The summed E-state index contributed by atoms with van der Waals surface area (Å²) >= 11 is 0. The van der Waals surface area contributed by atoms with Gasteiger partial charge in [0, 0.05) is 0 Å². The second-order valence-corrected chi connectivity index (χ2v) is 4.31. The van der Waals surface area contributed by atoms with E-state index in [-0.39, 0.29) is 12.8 Å². The normalized spacial score (nSPS) is 34.5. The standard InChI is InChI=1S/C10H17F3O/c1-2-5-9(14)6-3-4-8(7-9)10(11,12)13/h8,14H,2-7H2,1H3. The summed E-state index contributed by atoms with van der Waals surface area (Å²) in [4.78, 5) is 0. The van der Waals surface area contributed by atoms with Gasteiger partial charge in [-0.25, -0.2) is 0 Å². The number of rotatable bonds is 2. The minimum Gasteiger partial charge on any atom is -0.390 e. The van der Waals surface area contributed by atoms with Crippen molar-refractivity contribution in [3.63, 3.8) is 0 Å². The van der Waals surface area contributed by atoms with Gasteiger partial charge in [-0.15, -0.1) is 0 Å². The number of aliphatic hydroxyl groups is 1. The zero-order chi connectivity index (χ0) is 10.8. The average Bonchev–Trinajstić information content (AvgIpc) is 2.02. The van der Waals surface area contributed by atoms with E-state index in [1.165, 1.54) is 0 Å². The molecule has 0 spiro atoms. The Bertz CT molecular complexity index is 186. The van der Waals surface area contributed by atoms with Crippen LogP contribution in [0.1, 0.15) is 45.4 Å². The van der Waals surface area contributed by atoms with Crippen molar-refractivity contribution in [3.8, 4) is 0 Å². The number of hydrogen-bond acceptors (Lipinski definition) is 1. The van der Waals surface area contributed by atoms with Crippen LogP contribution in [0.25, 0.3) is 0 Å². The quantitative estimate of drug-likeness (QED) is 0.741. The molecule has 1 N–H and O–H groups in total. The summed E-state index contributed by atoms with van der Waals surface area (Å²) in [6.45, 7) is 1.88. The molecule has 2 atom stereocenters. The maximum atomic E-state index is 12.4. The summed E-state index contributed by atoms with van der Waals surface area (Å²) in [7, 11) is 0. The van der Waals surface area contributed by atoms with E-state index >= 15 is 0 Å². The van der Waals surface area contributed by atoms with Crippen LogP contribution in [-0.2, 0) is 0 Å². The van der Waals surface area contributed by atoms with Gasteiger partial charge in [0.2, 0.25) is 0 Å². The zero-order valence-electron chi connectivity index (χ0n) is 8.40. The zero-order valence-corrected chi connectivity index (χ0v) is 8.40. The first-order valence-corrected chi connectivity index (χ1v) is 5.16. The van der Waals surface area contributed by atoms with Crippen molar-refractivity contribution in [3.05, 3.63) is 0 Å². The van der Waals surface area contributed by atoms with Gasteiger partial charge in [0.05, 0.1) is 11.5 Å². The van der Waals surface area contributed by atoms with Crippen LogP contribution in [-0.4, -0.2) is 16.9 Å². The maximum absolute atomic E-state index is 12.4.